The monoisotopic (exact) mass is 387 g/mol. The molecule has 0 radical (unpaired) electrons. The van der Waals surface area contributed by atoms with Crippen LogP contribution in [0.1, 0.15) is 24.8 Å². The number of ether oxygens (including phenoxy) is 1. The first-order valence-corrected chi connectivity index (χ1v) is 10.8. The number of piperidine rings is 1. The molecule has 7 heteroatoms. The summed E-state index contributed by atoms with van der Waals surface area (Å²) in [6, 6.07) is 13.1. The summed E-state index contributed by atoms with van der Waals surface area (Å²) in [5.41, 5.74) is 0.720. The standard InChI is InChI=1S/C20H25N3O3S/c1-16-5-4-6-18(13-16)27(24,25)23-11-8-20(9-12-23)14-17(15-26-20)22-19-7-2-3-10-21-19/h2-7,10,13,17H,8-9,11-12,14-15H2,1H3,(H,21,22)/t17-/m1/s1. The summed E-state index contributed by atoms with van der Waals surface area (Å²) in [6.07, 6.45) is 4.08. The Hall–Kier alpha value is -1.96. The highest BCUT2D eigenvalue weighted by Crippen LogP contribution is 2.38. The smallest absolute Gasteiger partial charge is 0.243 e. The molecule has 2 aromatic rings. The van der Waals surface area contributed by atoms with E-state index in [1.807, 2.05) is 31.2 Å². The fraction of sp³-hybridized carbons (Fsp3) is 0.450. The van der Waals surface area contributed by atoms with Crippen LogP contribution in [-0.4, -0.2) is 49.0 Å². The number of anilines is 1. The number of hydrogen-bond acceptors (Lipinski definition) is 5. The molecule has 27 heavy (non-hydrogen) atoms. The van der Waals surface area contributed by atoms with Crippen molar-refractivity contribution in [1.82, 2.24) is 9.29 Å². The Morgan fingerprint density at radius 2 is 2.00 bits per heavy atom. The van der Waals surface area contributed by atoms with Crippen molar-refractivity contribution in [3.63, 3.8) is 0 Å². The van der Waals surface area contributed by atoms with Gasteiger partial charge in [-0.25, -0.2) is 13.4 Å². The van der Waals surface area contributed by atoms with Crippen LogP contribution < -0.4 is 5.32 Å². The summed E-state index contributed by atoms with van der Waals surface area (Å²) in [6.45, 7) is 3.52. The number of pyridine rings is 1. The lowest BCUT2D eigenvalue weighted by molar-refractivity contribution is -0.0310. The number of rotatable bonds is 4. The Morgan fingerprint density at radius 3 is 2.70 bits per heavy atom. The van der Waals surface area contributed by atoms with Crippen LogP contribution in [0.5, 0.6) is 0 Å². The van der Waals surface area contributed by atoms with E-state index in [-0.39, 0.29) is 11.6 Å². The molecular formula is C20H25N3O3S. The van der Waals surface area contributed by atoms with Gasteiger partial charge < -0.3 is 10.1 Å². The minimum atomic E-state index is -3.44. The molecule has 1 spiro atoms. The van der Waals surface area contributed by atoms with E-state index < -0.39 is 10.0 Å². The molecule has 0 saturated carbocycles. The highest BCUT2D eigenvalue weighted by atomic mass is 32.2. The third-order valence-corrected chi connectivity index (χ3v) is 7.38. The third kappa shape index (κ3) is 3.85. The maximum Gasteiger partial charge on any atom is 0.243 e. The molecule has 1 N–H and O–H groups in total. The first-order chi connectivity index (χ1) is 13.0. The van der Waals surface area contributed by atoms with Gasteiger partial charge >= 0.3 is 0 Å². The quantitative estimate of drug-likeness (QED) is 0.873. The second-order valence-corrected chi connectivity index (χ2v) is 9.41. The summed E-state index contributed by atoms with van der Waals surface area (Å²) in [5, 5.41) is 3.42. The molecule has 0 bridgehead atoms. The normalized spacial score (nSPS) is 22.8. The number of benzene rings is 1. The van der Waals surface area contributed by atoms with E-state index in [2.05, 4.69) is 10.3 Å². The highest BCUT2D eigenvalue weighted by molar-refractivity contribution is 7.89. The zero-order chi connectivity index (χ0) is 18.9. The molecule has 2 aliphatic heterocycles. The highest BCUT2D eigenvalue weighted by Gasteiger charge is 2.44. The maximum absolute atomic E-state index is 12.9. The molecule has 2 saturated heterocycles. The number of sulfonamides is 1. The van der Waals surface area contributed by atoms with Crippen LogP contribution in [0.25, 0.3) is 0 Å². The van der Waals surface area contributed by atoms with Crippen LogP contribution in [-0.2, 0) is 14.8 Å². The topological polar surface area (TPSA) is 71.5 Å². The summed E-state index contributed by atoms with van der Waals surface area (Å²) < 4.78 is 33.6. The molecule has 144 valence electrons. The van der Waals surface area contributed by atoms with E-state index in [4.69, 9.17) is 4.74 Å². The molecule has 0 amide bonds. The Bertz CT molecular complexity index is 894. The minimum Gasteiger partial charge on any atom is -0.373 e. The van der Waals surface area contributed by atoms with Crippen molar-refractivity contribution in [2.45, 2.75) is 42.7 Å². The van der Waals surface area contributed by atoms with Crippen LogP contribution in [0.15, 0.2) is 53.6 Å². The van der Waals surface area contributed by atoms with Crippen molar-refractivity contribution < 1.29 is 13.2 Å². The van der Waals surface area contributed by atoms with Crippen molar-refractivity contribution in [2.24, 2.45) is 0 Å². The summed E-state index contributed by atoms with van der Waals surface area (Å²) in [7, 11) is -3.44. The van der Waals surface area contributed by atoms with Gasteiger partial charge in [-0.3, -0.25) is 0 Å². The summed E-state index contributed by atoms with van der Waals surface area (Å²) in [5.74, 6) is 0.850. The van der Waals surface area contributed by atoms with Gasteiger partial charge in [0.15, 0.2) is 0 Å². The van der Waals surface area contributed by atoms with Crippen molar-refractivity contribution >= 4 is 15.8 Å². The van der Waals surface area contributed by atoms with Crippen LogP contribution in [0.3, 0.4) is 0 Å². The van der Waals surface area contributed by atoms with Crippen molar-refractivity contribution in [3.8, 4) is 0 Å². The zero-order valence-corrected chi connectivity index (χ0v) is 16.3. The molecule has 0 aliphatic carbocycles. The Morgan fingerprint density at radius 1 is 1.19 bits per heavy atom. The van der Waals surface area contributed by atoms with Crippen LogP contribution in [0, 0.1) is 6.92 Å². The largest absolute Gasteiger partial charge is 0.373 e. The summed E-state index contributed by atoms with van der Waals surface area (Å²) in [4.78, 5) is 4.68. The number of aryl methyl sites for hydroxylation is 1. The minimum absolute atomic E-state index is 0.208. The SMILES string of the molecule is Cc1cccc(S(=O)(=O)N2CCC3(CC2)C[C@@H](Nc2ccccn2)CO3)c1. The Balaban J connectivity index is 1.39. The number of nitrogens with one attached hydrogen (secondary N) is 1. The third-order valence-electron chi connectivity index (χ3n) is 5.49. The molecule has 0 unspecified atom stereocenters. The maximum atomic E-state index is 12.9. The van der Waals surface area contributed by atoms with Gasteiger partial charge in [0.1, 0.15) is 5.82 Å². The van der Waals surface area contributed by atoms with Gasteiger partial charge in [0.25, 0.3) is 0 Å². The molecule has 6 nitrogen and oxygen atoms in total. The molecule has 3 heterocycles. The van der Waals surface area contributed by atoms with Gasteiger partial charge in [0, 0.05) is 19.3 Å². The van der Waals surface area contributed by atoms with Gasteiger partial charge in [0.2, 0.25) is 10.0 Å². The van der Waals surface area contributed by atoms with E-state index in [9.17, 15) is 8.42 Å². The number of nitrogens with zero attached hydrogens (tertiary/aromatic N) is 2. The fourth-order valence-electron chi connectivity index (χ4n) is 4.00. The zero-order valence-electron chi connectivity index (χ0n) is 15.5. The van der Waals surface area contributed by atoms with Crippen molar-refractivity contribution in [3.05, 3.63) is 54.2 Å². The molecule has 1 aromatic carbocycles. The summed E-state index contributed by atoms with van der Waals surface area (Å²) >= 11 is 0. The van der Waals surface area contributed by atoms with E-state index in [1.165, 1.54) is 0 Å². The Kier molecular flexibility index (Phi) is 4.92. The van der Waals surface area contributed by atoms with Gasteiger partial charge in [-0.05, 0) is 56.0 Å². The lowest BCUT2D eigenvalue weighted by atomic mass is 9.88. The number of hydrogen-bond donors (Lipinski definition) is 1. The van der Waals surface area contributed by atoms with Gasteiger partial charge in [-0.1, -0.05) is 18.2 Å². The average Bonchev–Trinajstić information content (AvgIpc) is 3.05. The van der Waals surface area contributed by atoms with Crippen molar-refractivity contribution in [1.29, 1.82) is 0 Å². The number of aromatic nitrogens is 1. The molecule has 2 aliphatic rings. The second kappa shape index (κ2) is 7.22. The van der Waals surface area contributed by atoms with Crippen LogP contribution in [0.4, 0.5) is 5.82 Å². The molecular weight excluding hydrogens is 362 g/mol. The van der Waals surface area contributed by atoms with E-state index in [1.54, 1.807) is 28.7 Å². The molecule has 2 fully saturated rings. The first kappa shape index (κ1) is 18.4. The molecule has 4 rings (SSSR count). The van der Waals surface area contributed by atoms with Crippen LogP contribution in [0.2, 0.25) is 0 Å². The lowest BCUT2D eigenvalue weighted by Gasteiger charge is -2.38. The predicted molar refractivity (Wildman–Crippen MR) is 104 cm³/mol. The van der Waals surface area contributed by atoms with Gasteiger partial charge in [0.05, 0.1) is 23.1 Å². The second-order valence-electron chi connectivity index (χ2n) is 7.47. The van der Waals surface area contributed by atoms with Crippen molar-refractivity contribution in [2.75, 3.05) is 25.0 Å². The van der Waals surface area contributed by atoms with Gasteiger partial charge in [-0.15, -0.1) is 0 Å². The van der Waals surface area contributed by atoms with E-state index in [0.717, 1.165) is 30.6 Å². The fourth-order valence-corrected chi connectivity index (χ4v) is 5.55. The molecule has 1 aromatic heterocycles. The molecule has 1 atom stereocenters. The van der Waals surface area contributed by atoms with Gasteiger partial charge in [-0.2, -0.15) is 4.31 Å². The van der Waals surface area contributed by atoms with E-state index >= 15 is 0 Å². The lowest BCUT2D eigenvalue weighted by Crippen LogP contribution is -2.46. The first-order valence-electron chi connectivity index (χ1n) is 9.35. The predicted octanol–water partition coefficient (Wildman–Crippen LogP) is 2.81. The van der Waals surface area contributed by atoms with Crippen LogP contribution >= 0.6 is 0 Å². The Labute approximate surface area is 160 Å². The average molecular weight is 388 g/mol. The van der Waals surface area contributed by atoms with E-state index in [0.29, 0.717) is 24.6 Å².